The molecule has 0 saturated carbocycles. The van der Waals surface area contributed by atoms with Gasteiger partial charge >= 0.3 is 11.9 Å². The van der Waals surface area contributed by atoms with Gasteiger partial charge in [0.25, 0.3) is 5.91 Å². The Kier molecular flexibility index (Phi) is 9.08. The number of methoxy groups -OCH3 is 1. The molecule has 2 aliphatic rings. The van der Waals surface area contributed by atoms with Crippen LogP contribution in [0.5, 0.6) is 5.75 Å². The molecular weight excluding hydrogens is 502 g/mol. The summed E-state index contributed by atoms with van der Waals surface area (Å²) < 4.78 is 22.3. The maximum absolute atomic E-state index is 13.6. The number of hydrogen-bond donors (Lipinski definition) is 2. The summed E-state index contributed by atoms with van der Waals surface area (Å²) in [5, 5.41) is 3.11. The van der Waals surface area contributed by atoms with E-state index >= 15 is 0 Å². The molecule has 1 fully saturated rings. The standard InChI is InChI=1S/C29H35N3O7/c1-18-25(28(34)36-3)27(22-9-5-6-10-23(22)37-17-24(30)33)26(19(2)31-18)29(35)38-16-21-12-11-20(39-21)15-32-13-7-4-8-14-32/h5-6,9-12,27,31H,4,7-8,13-17H2,1-3H3,(H2,30,33). The van der Waals surface area contributed by atoms with E-state index < -0.39 is 23.8 Å². The van der Waals surface area contributed by atoms with Crippen LogP contribution < -0.4 is 15.8 Å². The SMILES string of the molecule is COC(=O)C1=C(C)NC(C)=C(C(=O)OCc2ccc(CN3CCCCC3)o2)C1c1ccccc1OCC(N)=O. The highest BCUT2D eigenvalue weighted by molar-refractivity contribution is 6.00. The van der Waals surface area contributed by atoms with Crippen LogP contribution in [0.25, 0.3) is 0 Å². The number of carbonyl (C=O) groups is 3. The van der Waals surface area contributed by atoms with Crippen molar-refractivity contribution in [2.45, 2.75) is 52.2 Å². The van der Waals surface area contributed by atoms with E-state index in [0.29, 0.717) is 28.5 Å². The normalized spacial score (nSPS) is 18.0. The van der Waals surface area contributed by atoms with Crippen LogP contribution in [0.3, 0.4) is 0 Å². The fourth-order valence-electron chi connectivity index (χ4n) is 5.09. The first-order chi connectivity index (χ1) is 18.8. The van der Waals surface area contributed by atoms with E-state index in [1.165, 1.54) is 26.4 Å². The number of nitrogens with one attached hydrogen (secondary N) is 1. The Balaban J connectivity index is 1.58. The predicted octanol–water partition coefficient (Wildman–Crippen LogP) is 3.28. The Labute approximate surface area is 227 Å². The average molecular weight is 538 g/mol. The van der Waals surface area contributed by atoms with Gasteiger partial charge in [0.15, 0.2) is 6.61 Å². The molecule has 1 aromatic heterocycles. The number of nitrogens with two attached hydrogens (primary N) is 1. The third kappa shape index (κ3) is 6.69. The molecule has 1 unspecified atom stereocenters. The fourth-order valence-corrected chi connectivity index (χ4v) is 5.09. The Hall–Kier alpha value is -4.05. The van der Waals surface area contributed by atoms with Crippen LogP contribution in [-0.2, 0) is 37.0 Å². The molecule has 0 spiro atoms. The smallest absolute Gasteiger partial charge is 0.337 e. The molecule has 2 aliphatic heterocycles. The summed E-state index contributed by atoms with van der Waals surface area (Å²) in [6, 6.07) is 10.6. The van der Waals surface area contributed by atoms with Gasteiger partial charge in [-0.15, -0.1) is 0 Å². The topological polar surface area (TPSA) is 133 Å². The minimum atomic E-state index is -0.874. The van der Waals surface area contributed by atoms with E-state index in [9.17, 15) is 14.4 Å². The largest absolute Gasteiger partial charge is 0.483 e. The summed E-state index contributed by atoms with van der Waals surface area (Å²) in [6.07, 6.45) is 3.63. The lowest BCUT2D eigenvalue weighted by molar-refractivity contribution is -0.141. The Morgan fingerprint density at radius 3 is 2.33 bits per heavy atom. The van der Waals surface area contributed by atoms with Crippen LogP contribution in [0.2, 0.25) is 0 Å². The first-order valence-electron chi connectivity index (χ1n) is 13.0. The molecule has 208 valence electrons. The van der Waals surface area contributed by atoms with Crippen molar-refractivity contribution < 1.29 is 33.0 Å². The number of amides is 1. The van der Waals surface area contributed by atoms with E-state index in [-0.39, 0.29) is 24.4 Å². The summed E-state index contributed by atoms with van der Waals surface area (Å²) in [5.74, 6) is -1.11. The van der Waals surface area contributed by atoms with Gasteiger partial charge in [-0.3, -0.25) is 9.69 Å². The van der Waals surface area contributed by atoms with Gasteiger partial charge in [-0.1, -0.05) is 24.6 Å². The number of rotatable bonds is 10. The van der Waals surface area contributed by atoms with Crippen molar-refractivity contribution >= 4 is 17.8 Å². The van der Waals surface area contributed by atoms with Gasteiger partial charge in [0.1, 0.15) is 23.9 Å². The minimum Gasteiger partial charge on any atom is -0.483 e. The van der Waals surface area contributed by atoms with Crippen LogP contribution >= 0.6 is 0 Å². The van der Waals surface area contributed by atoms with Crippen molar-refractivity contribution in [3.63, 3.8) is 0 Å². The zero-order chi connectivity index (χ0) is 27.9. The second-order valence-electron chi connectivity index (χ2n) is 9.70. The van der Waals surface area contributed by atoms with Crippen molar-refractivity contribution in [1.29, 1.82) is 0 Å². The highest BCUT2D eigenvalue weighted by atomic mass is 16.5. The van der Waals surface area contributed by atoms with Crippen LogP contribution in [0.15, 0.2) is 63.4 Å². The number of hydrogen-bond acceptors (Lipinski definition) is 9. The average Bonchev–Trinajstić information content (AvgIpc) is 3.37. The number of nitrogens with zero attached hydrogens (tertiary/aromatic N) is 1. The first-order valence-corrected chi connectivity index (χ1v) is 13.0. The van der Waals surface area contributed by atoms with Crippen LogP contribution in [0, 0.1) is 0 Å². The number of furan rings is 1. The lowest BCUT2D eigenvalue weighted by atomic mass is 9.80. The van der Waals surface area contributed by atoms with Crippen molar-refractivity contribution in [3.8, 4) is 5.75 Å². The zero-order valence-corrected chi connectivity index (χ0v) is 22.6. The van der Waals surface area contributed by atoms with E-state index in [0.717, 1.165) is 25.4 Å². The number of carbonyl (C=O) groups excluding carboxylic acids is 3. The van der Waals surface area contributed by atoms with Gasteiger partial charge in [0, 0.05) is 17.0 Å². The van der Waals surface area contributed by atoms with Gasteiger partial charge in [-0.05, 0) is 58.0 Å². The number of dihydropyridines is 1. The molecule has 3 heterocycles. The van der Waals surface area contributed by atoms with E-state index in [1.54, 1.807) is 44.2 Å². The summed E-state index contributed by atoms with van der Waals surface area (Å²) in [5.41, 5.74) is 7.27. The minimum absolute atomic E-state index is 0.0710. The lowest BCUT2D eigenvalue weighted by Gasteiger charge is -2.31. The van der Waals surface area contributed by atoms with E-state index in [2.05, 4.69) is 10.2 Å². The summed E-state index contributed by atoms with van der Waals surface area (Å²) in [7, 11) is 1.27. The fraction of sp³-hybridized carbons (Fsp3) is 0.414. The first kappa shape index (κ1) is 28.0. The molecule has 10 nitrogen and oxygen atoms in total. The number of para-hydroxylation sites is 1. The highest BCUT2D eigenvalue weighted by Gasteiger charge is 2.39. The molecule has 0 aliphatic carbocycles. The molecule has 0 radical (unpaired) electrons. The van der Waals surface area contributed by atoms with Gasteiger partial charge < -0.3 is 29.7 Å². The molecule has 0 bridgehead atoms. The number of piperidine rings is 1. The zero-order valence-electron chi connectivity index (χ0n) is 22.6. The Bertz CT molecular complexity index is 1290. The highest BCUT2D eigenvalue weighted by Crippen LogP contribution is 2.42. The summed E-state index contributed by atoms with van der Waals surface area (Å²) in [6.45, 7) is 5.85. The van der Waals surface area contributed by atoms with Crippen molar-refractivity contribution in [1.82, 2.24) is 10.2 Å². The number of ether oxygens (including phenoxy) is 3. The van der Waals surface area contributed by atoms with Crippen molar-refractivity contribution in [2.75, 3.05) is 26.8 Å². The second kappa shape index (κ2) is 12.7. The maximum Gasteiger partial charge on any atom is 0.337 e. The molecule has 1 amide bonds. The number of primary amides is 1. The number of benzene rings is 1. The Morgan fingerprint density at radius 2 is 1.64 bits per heavy atom. The molecule has 39 heavy (non-hydrogen) atoms. The molecule has 3 N–H and O–H groups in total. The molecule has 1 aromatic carbocycles. The monoisotopic (exact) mass is 537 g/mol. The van der Waals surface area contributed by atoms with Crippen LogP contribution in [-0.4, -0.2) is 49.6 Å². The van der Waals surface area contributed by atoms with Crippen LogP contribution in [0.1, 0.15) is 56.1 Å². The molecular formula is C29H35N3O7. The van der Waals surface area contributed by atoms with Gasteiger partial charge in [0.2, 0.25) is 0 Å². The van der Waals surface area contributed by atoms with Gasteiger partial charge in [-0.2, -0.15) is 0 Å². The molecule has 1 saturated heterocycles. The van der Waals surface area contributed by atoms with Gasteiger partial charge in [0.05, 0.1) is 30.7 Å². The summed E-state index contributed by atoms with van der Waals surface area (Å²) >= 11 is 0. The lowest BCUT2D eigenvalue weighted by Crippen LogP contribution is -2.32. The molecule has 2 aromatic rings. The molecule has 1 atom stereocenters. The predicted molar refractivity (Wildman–Crippen MR) is 142 cm³/mol. The molecule has 10 heteroatoms. The Morgan fingerprint density at radius 1 is 0.974 bits per heavy atom. The van der Waals surface area contributed by atoms with Gasteiger partial charge in [-0.25, -0.2) is 9.59 Å². The van der Waals surface area contributed by atoms with E-state index in [4.69, 9.17) is 24.4 Å². The quantitative estimate of drug-likeness (QED) is 0.438. The third-order valence-electron chi connectivity index (χ3n) is 6.88. The summed E-state index contributed by atoms with van der Waals surface area (Å²) in [4.78, 5) is 40.3. The maximum atomic E-state index is 13.6. The van der Waals surface area contributed by atoms with Crippen LogP contribution in [0.4, 0.5) is 0 Å². The number of allylic oxidation sites excluding steroid dienone is 2. The molecule has 4 rings (SSSR count). The van der Waals surface area contributed by atoms with E-state index in [1.807, 2.05) is 6.07 Å². The second-order valence-corrected chi connectivity index (χ2v) is 9.70. The number of esters is 2. The van der Waals surface area contributed by atoms with Crippen molar-refractivity contribution in [3.05, 3.63) is 76.0 Å². The van der Waals surface area contributed by atoms with Crippen molar-refractivity contribution in [2.24, 2.45) is 5.73 Å². The third-order valence-corrected chi connectivity index (χ3v) is 6.88. The number of likely N-dealkylation sites (tertiary alicyclic amines) is 1.